The van der Waals surface area contributed by atoms with Gasteiger partial charge in [-0.1, -0.05) is 30.3 Å². The smallest absolute Gasteiger partial charge is 0.273 e. The van der Waals surface area contributed by atoms with Gasteiger partial charge in [0, 0.05) is 63.6 Å². The Morgan fingerprint density at radius 3 is 2.36 bits per heavy atom. The van der Waals surface area contributed by atoms with Gasteiger partial charge in [0.15, 0.2) is 0 Å². The third-order valence-corrected chi connectivity index (χ3v) is 8.60. The van der Waals surface area contributed by atoms with E-state index in [1.54, 1.807) is 12.3 Å². The van der Waals surface area contributed by atoms with Crippen molar-refractivity contribution < 1.29 is 14.7 Å². The van der Waals surface area contributed by atoms with E-state index < -0.39 is 0 Å². The Balaban J connectivity index is 1.30. The van der Waals surface area contributed by atoms with Crippen LogP contribution in [0, 0.1) is 13.8 Å². The van der Waals surface area contributed by atoms with E-state index in [0.717, 1.165) is 81.0 Å². The van der Waals surface area contributed by atoms with Gasteiger partial charge in [0.25, 0.3) is 11.8 Å². The van der Waals surface area contributed by atoms with Crippen molar-refractivity contribution in [2.45, 2.75) is 39.7 Å². The molecule has 0 radical (unpaired) electrons. The van der Waals surface area contributed by atoms with Crippen LogP contribution in [0.3, 0.4) is 0 Å². The lowest BCUT2D eigenvalue weighted by atomic mass is 10.1. The number of carbonyl (C=O) groups excluding carboxylic acids is 2. The Morgan fingerprint density at radius 1 is 0.841 bits per heavy atom. The summed E-state index contributed by atoms with van der Waals surface area (Å²) in [4.78, 5) is 33.8. The summed E-state index contributed by atoms with van der Waals surface area (Å²) in [5, 5.41) is 16.4. The van der Waals surface area contributed by atoms with Crippen molar-refractivity contribution >= 4 is 29.4 Å². The topological polar surface area (TPSA) is 101 Å². The second-order valence-corrected chi connectivity index (χ2v) is 11.8. The van der Waals surface area contributed by atoms with Crippen LogP contribution in [0.2, 0.25) is 0 Å². The Hall–Kier alpha value is -4.05. The van der Waals surface area contributed by atoms with Crippen molar-refractivity contribution in [2.24, 2.45) is 5.10 Å². The molecule has 0 unspecified atom stereocenters. The number of aryl methyl sites for hydroxylation is 2. The first kappa shape index (κ1) is 31.4. The largest absolute Gasteiger partial charge is 0.395 e. The fourth-order valence-electron chi connectivity index (χ4n) is 5.82. The highest BCUT2D eigenvalue weighted by Crippen LogP contribution is 2.27. The van der Waals surface area contributed by atoms with E-state index in [1.807, 2.05) is 61.5 Å². The second kappa shape index (κ2) is 15.1. The maximum absolute atomic E-state index is 13.5. The first-order chi connectivity index (χ1) is 21.4. The quantitative estimate of drug-likeness (QED) is 0.237. The zero-order valence-electron chi connectivity index (χ0n) is 25.9. The average molecular weight is 597 g/mol. The second-order valence-electron chi connectivity index (χ2n) is 11.8. The van der Waals surface area contributed by atoms with Gasteiger partial charge in [-0.2, -0.15) is 5.10 Å². The van der Waals surface area contributed by atoms with E-state index >= 15 is 0 Å². The lowest BCUT2D eigenvalue weighted by molar-refractivity contribution is 0.0956. The molecule has 5 rings (SSSR count). The van der Waals surface area contributed by atoms with Gasteiger partial charge >= 0.3 is 0 Å². The molecular formula is C35H44N6O3. The number of amides is 2. The van der Waals surface area contributed by atoms with Gasteiger partial charge < -0.3 is 15.3 Å². The van der Waals surface area contributed by atoms with Crippen LogP contribution in [0.15, 0.2) is 65.8 Å². The summed E-state index contributed by atoms with van der Waals surface area (Å²) in [6.07, 6.45) is 5.09. The fraction of sp³-hybridized carbons (Fsp3) is 0.400. The van der Waals surface area contributed by atoms with Crippen LogP contribution in [0.4, 0.5) is 11.4 Å². The van der Waals surface area contributed by atoms with Crippen LogP contribution in [-0.4, -0.2) is 85.4 Å². The van der Waals surface area contributed by atoms with Gasteiger partial charge in [-0.3, -0.25) is 19.4 Å². The van der Waals surface area contributed by atoms with E-state index in [-0.39, 0.29) is 18.4 Å². The molecule has 0 bridgehead atoms. The molecule has 3 aromatic rings. The molecule has 2 aliphatic heterocycles. The highest BCUT2D eigenvalue weighted by atomic mass is 16.3. The standard InChI is InChI=1S/C35H44N6O3/c1-26-9-10-28(21-27(26)2)24-36-38-35(44)32-23-31(41-13-4-3-5-14-41)11-12-33(32)37-34(43)30-8-6-7-29(22-30)25-40-17-15-39(16-18-40)19-20-42/h6-12,21-24,42H,3-5,13-20,25H2,1-2H3,(H,37,43)(H,38,44)/b36-24+. The van der Waals surface area contributed by atoms with Crippen LogP contribution in [0.5, 0.6) is 0 Å². The molecule has 232 valence electrons. The number of aliphatic hydroxyl groups excluding tert-OH is 1. The molecule has 2 heterocycles. The van der Waals surface area contributed by atoms with Crippen molar-refractivity contribution in [1.29, 1.82) is 0 Å². The normalized spacial score (nSPS) is 16.3. The number of nitrogens with zero attached hydrogens (tertiary/aromatic N) is 4. The molecule has 9 nitrogen and oxygen atoms in total. The van der Waals surface area contributed by atoms with Crippen LogP contribution < -0.4 is 15.6 Å². The van der Waals surface area contributed by atoms with E-state index in [1.165, 1.54) is 12.0 Å². The minimum atomic E-state index is -0.381. The summed E-state index contributed by atoms with van der Waals surface area (Å²) < 4.78 is 0. The number of piperidine rings is 1. The summed E-state index contributed by atoms with van der Waals surface area (Å²) >= 11 is 0. The molecule has 0 aliphatic carbocycles. The zero-order chi connectivity index (χ0) is 30.9. The predicted octanol–water partition coefficient (Wildman–Crippen LogP) is 4.42. The van der Waals surface area contributed by atoms with Gasteiger partial charge in [-0.25, -0.2) is 5.43 Å². The third-order valence-electron chi connectivity index (χ3n) is 8.60. The molecule has 3 aromatic carbocycles. The number of β-amino-alcohol motifs (C(OH)–C–C–N with tert-alkyl or cyclic N) is 1. The molecular weight excluding hydrogens is 552 g/mol. The summed E-state index contributed by atoms with van der Waals surface area (Å²) in [5.74, 6) is -0.647. The number of hydrazone groups is 1. The monoisotopic (exact) mass is 596 g/mol. The van der Waals surface area contributed by atoms with Gasteiger partial charge in [0.05, 0.1) is 24.1 Å². The SMILES string of the molecule is Cc1ccc(/C=N/NC(=O)c2cc(N3CCCCC3)ccc2NC(=O)c2cccc(CN3CCN(CCO)CC3)c2)cc1C. The Kier molecular flexibility index (Phi) is 10.8. The molecule has 0 aromatic heterocycles. The van der Waals surface area contributed by atoms with Crippen molar-refractivity contribution in [1.82, 2.24) is 15.2 Å². The Bertz CT molecular complexity index is 1480. The number of hydrogen-bond acceptors (Lipinski definition) is 7. The highest BCUT2D eigenvalue weighted by molar-refractivity contribution is 6.09. The van der Waals surface area contributed by atoms with Crippen molar-refractivity contribution in [3.8, 4) is 0 Å². The first-order valence-corrected chi connectivity index (χ1v) is 15.6. The first-order valence-electron chi connectivity index (χ1n) is 15.6. The van der Waals surface area contributed by atoms with Gasteiger partial charge in [-0.15, -0.1) is 0 Å². The number of aliphatic hydroxyl groups is 1. The average Bonchev–Trinajstić information content (AvgIpc) is 3.04. The van der Waals surface area contributed by atoms with Gasteiger partial charge in [0.2, 0.25) is 0 Å². The third kappa shape index (κ3) is 8.31. The van der Waals surface area contributed by atoms with Crippen LogP contribution in [-0.2, 0) is 6.54 Å². The Labute approximate surface area is 260 Å². The summed E-state index contributed by atoms with van der Waals surface area (Å²) in [7, 11) is 0. The number of rotatable bonds is 10. The molecule has 2 amide bonds. The lowest BCUT2D eigenvalue weighted by Crippen LogP contribution is -2.46. The zero-order valence-corrected chi connectivity index (χ0v) is 25.9. The molecule has 9 heteroatoms. The molecule has 2 aliphatic rings. The van der Waals surface area contributed by atoms with E-state index in [0.29, 0.717) is 23.4 Å². The number of benzene rings is 3. The lowest BCUT2D eigenvalue weighted by Gasteiger charge is -2.34. The van der Waals surface area contributed by atoms with Crippen molar-refractivity contribution in [3.05, 3.63) is 94.0 Å². The molecule has 0 saturated carbocycles. The molecule has 44 heavy (non-hydrogen) atoms. The minimum absolute atomic E-state index is 0.182. The number of hydrogen-bond donors (Lipinski definition) is 3. The van der Waals surface area contributed by atoms with Crippen molar-refractivity contribution in [2.75, 3.05) is 62.6 Å². The number of nitrogens with one attached hydrogen (secondary N) is 2. The predicted molar refractivity (Wildman–Crippen MR) is 177 cm³/mol. The van der Waals surface area contributed by atoms with Gasteiger partial charge in [-0.05, 0) is 85.7 Å². The highest BCUT2D eigenvalue weighted by Gasteiger charge is 2.20. The van der Waals surface area contributed by atoms with Crippen molar-refractivity contribution in [3.63, 3.8) is 0 Å². The molecule has 3 N–H and O–H groups in total. The number of piperazine rings is 1. The maximum Gasteiger partial charge on any atom is 0.273 e. The van der Waals surface area contributed by atoms with Crippen LogP contribution in [0.1, 0.15) is 62.2 Å². The summed E-state index contributed by atoms with van der Waals surface area (Å²) in [5.41, 5.74) is 9.31. The maximum atomic E-state index is 13.5. The Morgan fingerprint density at radius 2 is 1.61 bits per heavy atom. The van der Waals surface area contributed by atoms with Crippen LogP contribution >= 0.6 is 0 Å². The summed E-state index contributed by atoms with van der Waals surface area (Å²) in [6, 6.07) is 19.3. The van der Waals surface area contributed by atoms with Crippen LogP contribution in [0.25, 0.3) is 0 Å². The fourth-order valence-corrected chi connectivity index (χ4v) is 5.82. The minimum Gasteiger partial charge on any atom is -0.395 e. The molecule has 0 atom stereocenters. The van der Waals surface area contributed by atoms with Gasteiger partial charge in [0.1, 0.15) is 0 Å². The summed E-state index contributed by atoms with van der Waals surface area (Å²) in [6.45, 7) is 11.3. The van der Waals surface area contributed by atoms with E-state index in [4.69, 9.17) is 0 Å². The molecule has 2 fully saturated rings. The number of anilines is 2. The molecule has 0 spiro atoms. The van der Waals surface area contributed by atoms with E-state index in [9.17, 15) is 14.7 Å². The number of carbonyl (C=O) groups is 2. The molecule has 2 saturated heterocycles. The van der Waals surface area contributed by atoms with E-state index in [2.05, 4.69) is 37.5 Å².